The summed E-state index contributed by atoms with van der Waals surface area (Å²) in [6.45, 7) is 1.37. The van der Waals surface area contributed by atoms with Crippen molar-refractivity contribution in [3.63, 3.8) is 0 Å². The zero-order valence-electron chi connectivity index (χ0n) is 14.9. The smallest absolute Gasteiger partial charge is 0.246 e. The molecule has 0 radical (unpaired) electrons. The Kier molecular flexibility index (Phi) is 8.43. The number of carbonyl (C=O) groups is 3. The Morgan fingerprint density at radius 3 is 2.37 bits per heavy atom. The number of ketones is 1. The van der Waals surface area contributed by atoms with Gasteiger partial charge in [0.05, 0.1) is 12.6 Å². The summed E-state index contributed by atoms with van der Waals surface area (Å²) in [6, 6.07) is 12.9. The standard InChI is InChI=1S/C19H20ClN3O3.ClH/c1-12(21)19(26)22-17(24)11-23(2)16-9-8-14(20)10-15(16)18(25)13-6-4-3-5-7-13;/h3-10,12H,11,21H2,1-2H3,(H,22,24,26);1H/t12-;/m0./s1. The SMILES string of the molecule is C[C@H](N)C(=O)NC(=O)CN(C)c1ccc(Cl)cc1C(=O)c1ccccc1.Cl. The molecule has 0 fully saturated rings. The van der Waals surface area contributed by atoms with Crippen molar-refractivity contribution >= 4 is 47.3 Å². The van der Waals surface area contributed by atoms with Crippen LogP contribution in [0.15, 0.2) is 48.5 Å². The molecule has 27 heavy (non-hydrogen) atoms. The van der Waals surface area contributed by atoms with Crippen LogP contribution in [0.2, 0.25) is 5.02 Å². The molecule has 0 aromatic heterocycles. The number of anilines is 1. The molecular formula is C19H21Cl2N3O3. The number of nitrogens with zero attached hydrogens (tertiary/aromatic N) is 1. The second kappa shape index (κ2) is 10.1. The molecule has 144 valence electrons. The van der Waals surface area contributed by atoms with E-state index in [4.69, 9.17) is 17.3 Å². The number of hydrogen-bond acceptors (Lipinski definition) is 5. The number of nitrogens with one attached hydrogen (secondary N) is 1. The molecule has 2 aromatic carbocycles. The van der Waals surface area contributed by atoms with E-state index in [0.29, 0.717) is 21.8 Å². The predicted molar refractivity (Wildman–Crippen MR) is 109 cm³/mol. The maximum absolute atomic E-state index is 12.8. The lowest BCUT2D eigenvalue weighted by Crippen LogP contribution is -2.45. The van der Waals surface area contributed by atoms with Crippen molar-refractivity contribution in [2.24, 2.45) is 5.73 Å². The number of benzene rings is 2. The van der Waals surface area contributed by atoms with Gasteiger partial charge in [-0.2, -0.15) is 0 Å². The van der Waals surface area contributed by atoms with Gasteiger partial charge in [-0.3, -0.25) is 19.7 Å². The lowest BCUT2D eigenvalue weighted by Gasteiger charge is -2.22. The second-order valence-electron chi connectivity index (χ2n) is 5.91. The topological polar surface area (TPSA) is 92.5 Å². The Morgan fingerprint density at radius 1 is 1.15 bits per heavy atom. The average Bonchev–Trinajstić information content (AvgIpc) is 2.61. The van der Waals surface area contributed by atoms with Crippen LogP contribution in [-0.4, -0.2) is 37.2 Å². The number of carbonyl (C=O) groups excluding carboxylic acids is 3. The first-order valence-corrected chi connectivity index (χ1v) is 8.37. The minimum absolute atomic E-state index is 0. The maximum Gasteiger partial charge on any atom is 0.246 e. The largest absolute Gasteiger partial charge is 0.365 e. The summed E-state index contributed by atoms with van der Waals surface area (Å²) in [5, 5.41) is 2.63. The van der Waals surface area contributed by atoms with E-state index in [-0.39, 0.29) is 24.7 Å². The van der Waals surface area contributed by atoms with Gasteiger partial charge in [0.2, 0.25) is 11.8 Å². The van der Waals surface area contributed by atoms with Gasteiger partial charge in [-0.15, -0.1) is 12.4 Å². The number of amides is 2. The van der Waals surface area contributed by atoms with Gasteiger partial charge in [-0.25, -0.2) is 0 Å². The summed E-state index contributed by atoms with van der Waals surface area (Å²) < 4.78 is 0. The van der Waals surface area contributed by atoms with Crippen LogP contribution in [-0.2, 0) is 9.59 Å². The maximum atomic E-state index is 12.8. The van der Waals surface area contributed by atoms with E-state index in [9.17, 15) is 14.4 Å². The summed E-state index contributed by atoms with van der Waals surface area (Å²) in [6.07, 6.45) is 0. The van der Waals surface area contributed by atoms with Crippen molar-refractivity contribution in [3.8, 4) is 0 Å². The van der Waals surface area contributed by atoms with Crippen LogP contribution < -0.4 is 16.0 Å². The second-order valence-corrected chi connectivity index (χ2v) is 6.35. The number of likely N-dealkylation sites (N-methyl/N-ethyl adjacent to an activating group) is 1. The van der Waals surface area contributed by atoms with Gasteiger partial charge in [0.25, 0.3) is 0 Å². The van der Waals surface area contributed by atoms with Crippen molar-refractivity contribution in [1.29, 1.82) is 0 Å². The Labute approximate surface area is 169 Å². The van der Waals surface area contributed by atoms with Crippen LogP contribution in [0, 0.1) is 0 Å². The Balaban J connectivity index is 0.00000364. The van der Waals surface area contributed by atoms with Crippen LogP contribution in [0.1, 0.15) is 22.8 Å². The number of imide groups is 1. The monoisotopic (exact) mass is 409 g/mol. The highest BCUT2D eigenvalue weighted by Gasteiger charge is 2.19. The van der Waals surface area contributed by atoms with Crippen molar-refractivity contribution in [3.05, 3.63) is 64.7 Å². The Bertz CT molecular complexity index is 826. The molecular weight excluding hydrogens is 389 g/mol. The molecule has 0 bridgehead atoms. The molecule has 8 heteroatoms. The van der Waals surface area contributed by atoms with E-state index in [2.05, 4.69) is 5.32 Å². The van der Waals surface area contributed by atoms with E-state index in [0.717, 1.165) is 0 Å². The number of hydrogen-bond donors (Lipinski definition) is 2. The summed E-state index contributed by atoms with van der Waals surface area (Å²) in [5.74, 6) is -1.27. The molecule has 0 aliphatic rings. The van der Waals surface area contributed by atoms with Gasteiger partial charge < -0.3 is 10.6 Å². The zero-order valence-corrected chi connectivity index (χ0v) is 16.5. The molecule has 2 aromatic rings. The first-order valence-electron chi connectivity index (χ1n) is 7.99. The summed E-state index contributed by atoms with van der Waals surface area (Å²) >= 11 is 6.05. The van der Waals surface area contributed by atoms with Crippen molar-refractivity contribution in [2.75, 3.05) is 18.5 Å². The number of rotatable bonds is 6. The highest BCUT2D eigenvalue weighted by molar-refractivity contribution is 6.31. The molecule has 0 saturated carbocycles. The lowest BCUT2D eigenvalue weighted by atomic mass is 10.0. The molecule has 3 N–H and O–H groups in total. The van der Waals surface area contributed by atoms with Gasteiger partial charge in [0, 0.05) is 28.9 Å². The fraction of sp³-hybridized carbons (Fsp3) is 0.211. The summed E-state index contributed by atoms with van der Waals surface area (Å²) in [5.41, 5.74) is 6.86. The van der Waals surface area contributed by atoms with Gasteiger partial charge in [-0.1, -0.05) is 41.9 Å². The third-order valence-corrected chi connectivity index (χ3v) is 3.94. The molecule has 1 atom stereocenters. The van der Waals surface area contributed by atoms with E-state index in [1.54, 1.807) is 54.4 Å². The summed E-state index contributed by atoms with van der Waals surface area (Å²) in [7, 11) is 1.65. The molecule has 0 saturated heterocycles. The van der Waals surface area contributed by atoms with Crippen LogP contribution in [0.3, 0.4) is 0 Å². The van der Waals surface area contributed by atoms with Crippen LogP contribution in [0.5, 0.6) is 0 Å². The van der Waals surface area contributed by atoms with Crippen molar-refractivity contribution in [1.82, 2.24) is 5.32 Å². The van der Waals surface area contributed by atoms with Crippen LogP contribution >= 0.6 is 24.0 Å². The van der Waals surface area contributed by atoms with E-state index in [1.165, 1.54) is 6.92 Å². The van der Waals surface area contributed by atoms with Gasteiger partial charge in [0.1, 0.15) is 0 Å². The zero-order chi connectivity index (χ0) is 19.3. The summed E-state index contributed by atoms with van der Waals surface area (Å²) in [4.78, 5) is 37.9. The van der Waals surface area contributed by atoms with Gasteiger partial charge in [0.15, 0.2) is 5.78 Å². The first kappa shape index (κ1) is 22.6. The molecule has 0 aliphatic heterocycles. The van der Waals surface area contributed by atoms with Crippen molar-refractivity contribution < 1.29 is 14.4 Å². The molecule has 6 nitrogen and oxygen atoms in total. The Hall–Kier alpha value is -2.41. The third kappa shape index (κ3) is 6.06. The van der Waals surface area contributed by atoms with E-state index >= 15 is 0 Å². The molecule has 0 unspecified atom stereocenters. The molecule has 0 heterocycles. The van der Waals surface area contributed by atoms with Gasteiger partial charge >= 0.3 is 0 Å². The quantitative estimate of drug-likeness (QED) is 0.714. The highest BCUT2D eigenvalue weighted by Crippen LogP contribution is 2.26. The minimum Gasteiger partial charge on any atom is -0.365 e. The molecule has 0 spiro atoms. The van der Waals surface area contributed by atoms with Crippen molar-refractivity contribution in [2.45, 2.75) is 13.0 Å². The number of nitrogens with two attached hydrogens (primary N) is 1. The fourth-order valence-electron chi connectivity index (χ4n) is 2.36. The third-order valence-electron chi connectivity index (χ3n) is 3.71. The molecule has 2 rings (SSSR count). The van der Waals surface area contributed by atoms with Crippen LogP contribution in [0.4, 0.5) is 5.69 Å². The fourth-order valence-corrected chi connectivity index (χ4v) is 2.53. The molecule has 2 amide bonds. The molecule has 0 aliphatic carbocycles. The lowest BCUT2D eigenvalue weighted by molar-refractivity contribution is -0.130. The van der Waals surface area contributed by atoms with Gasteiger partial charge in [-0.05, 0) is 25.1 Å². The Morgan fingerprint density at radius 2 is 1.78 bits per heavy atom. The normalized spacial score (nSPS) is 11.1. The average molecular weight is 410 g/mol. The predicted octanol–water partition coefficient (Wildman–Crippen LogP) is 2.42. The van der Waals surface area contributed by atoms with E-state index in [1.807, 2.05) is 6.07 Å². The first-order chi connectivity index (χ1) is 12.3. The van der Waals surface area contributed by atoms with E-state index < -0.39 is 17.9 Å². The minimum atomic E-state index is -0.782. The number of halogens is 2. The highest BCUT2D eigenvalue weighted by atomic mass is 35.5. The van der Waals surface area contributed by atoms with Crippen LogP contribution in [0.25, 0.3) is 0 Å².